The van der Waals surface area contributed by atoms with Crippen LogP contribution in [0.3, 0.4) is 0 Å². The summed E-state index contributed by atoms with van der Waals surface area (Å²) in [4.78, 5) is 25.3. The number of aliphatic hydroxyl groups is 1. The van der Waals surface area contributed by atoms with Gasteiger partial charge in [-0.3, -0.25) is 9.36 Å². The van der Waals surface area contributed by atoms with Crippen LogP contribution in [0.5, 0.6) is 0 Å². The van der Waals surface area contributed by atoms with E-state index in [2.05, 4.69) is 31.3 Å². The number of aliphatic hydroxyl groups excluding tert-OH is 1. The zero-order valence-electron chi connectivity index (χ0n) is 36.9. The van der Waals surface area contributed by atoms with Gasteiger partial charge in [-0.2, -0.15) is 0 Å². The summed E-state index contributed by atoms with van der Waals surface area (Å²) in [5.74, 6) is -0.206. The number of phosphoric ester groups is 1. The number of rotatable bonds is 42. The maximum absolute atomic E-state index is 12.8. The van der Waals surface area contributed by atoms with Crippen molar-refractivity contribution in [3.63, 3.8) is 0 Å². The highest BCUT2D eigenvalue weighted by Crippen LogP contribution is 2.38. The van der Waals surface area contributed by atoms with E-state index in [0.717, 1.165) is 51.4 Å². The lowest BCUT2D eigenvalue weighted by atomic mass is 10.0. The number of allylic oxidation sites excluding steroid dienone is 3. The van der Waals surface area contributed by atoms with Gasteiger partial charge in [0.15, 0.2) is 0 Å². The monoisotopic (exact) mass is 799 g/mol. The lowest BCUT2D eigenvalue weighted by Gasteiger charge is -2.29. The van der Waals surface area contributed by atoms with E-state index in [1.54, 1.807) is 6.08 Å². The van der Waals surface area contributed by atoms with E-state index in [1.807, 2.05) is 27.2 Å². The molecular weight excluding hydrogens is 707 g/mol. The first kappa shape index (κ1) is 54.0. The van der Waals surface area contributed by atoms with Crippen LogP contribution in [0.4, 0.5) is 0 Å². The van der Waals surface area contributed by atoms with Gasteiger partial charge in [0.25, 0.3) is 7.82 Å². The first-order valence-electron chi connectivity index (χ1n) is 23.2. The summed E-state index contributed by atoms with van der Waals surface area (Å²) < 4.78 is 23.2. The number of hydrogen-bond donors (Lipinski definition) is 2. The molecule has 0 heterocycles. The smallest absolute Gasteiger partial charge is 0.268 e. The molecule has 0 radical (unpaired) electrons. The molecular formula is C46H91N2O6P. The van der Waals surface area contributed by atoms with Crippen LogP contribution in [0.2, 0.25) is 0 Å². The average Bonchev–Trinajstić information content (AvgIpc) is 3.13. The lowest BCUT2D eigenvalue weighted by molar-refractivity contribution is -0.870. The van der Waals surface area contributed by atoms with Gasteiger partial charge >= 0.3 is 0 Å². The minimum atomic E-state index is -4.59. The molecule has 55 heavy (non-hydrogen) atoms. The van der Waals surface area contributed by atoms with Crippen molar-refractivity contribution in [1.82, 2.24) is 5.32 Å². The molecule has 0 saturated carbocycles. The Morgan fingerprint density at radius 1 is 0.618 bits per heavy atom. The number of phosphoric acid groups is 1. The third-order valence-corrected chi connectivity index (χ3v) is 11.4. The van der Waals surface area contributed by atoms with Crippen molar-refractivity contribution in [3.05, 3.63) is 24.3 Å². The minimum Gasteiger partial charge on any atom is -0.756 e. The third kappa shape index (κ3) is 41.0. The zero-order chi connectivity index (χ0) is 40.7. The Bertz CT molecular complexity index is 953. The number of unbranched alkanes of at least 4 members (excludes halogenated alkanes) is 27. The summed E-state index contributed by atoms with van der Waals surface area (Å²) in [6, 6.07) is -0.887. The molecule has 0 aromatic heterocycles. The van der Waals surface area contributed by atoms with Crippen LogP contribution < -0.4 is 10.2 Å². The van der Waals surface area contributed by atoms with E-state index in [0.29, 0.717) is 17.4 Å². The summed E-state index contributed by atoms with van der Waals surface area (Å²) in [5, 5.41) is 13.8. The average molecular weight is 799 g/mol. The molecule has 3 atom stereocenters. The van der Waals surface area contributed by atoms with Crippen LogP contribution in [0.1, 0.15) is 213 Å². The number of quaternary nitrogens is 1. The molecule has 0 aliphatic heterocycles. The number of hydrogen-bond acceptors (Lipinski definition) is 6. The molecule has 0 fully saturated rings. The minimum absolute atomic E-state index is 0.00149. The first-order valence-corrected chi connectivity index (χ1v) is 24.7. The molecule has 0 aliphatic rings. The van der Waals surface area contributed by atoms with Gasteiger partial charge in [-0.05, 0) is 44.9 Å². The maximum atomic E-state index is 12.8. The second-order valence-corrected chi connectivity index (χ2v) is 18.5. The predicted octanol–water partition coefficient (Wildman–Crippen LogP) is 12.3. The molecule has 1 amide bonds. The van der Waals surface area contributed by atoms with Gasteiger partial charge in [-0.25, -0.2) is 0 Å². The number of carbonyl (C=O) groups excluding carboxylic acids is 1. The highest BCUT2D eigenvalue weighted by atomic mass is 31.2. The molecule has 0 aromatic rings. The van der Waals surface area contributed by atoms with Gasteiger partial charge in [-0.15, -0.1) is 0 Å². The van der Waals surface area contributed by atoms with Gasteiger partial charge in [0, 0.05) is 6.42 Å². The van der Waals surface area contributed by atoms with Crippen molar-refractivity contribution in [3.8, 4) is 0 Å². The second kappa shape index (κ2) is 38.5. The van der Waals surface area contributed by atoms with E-state index >= 15 is 0 Å². The van der Waals surface area contributed by atoms with E-state index in [1.165, 1.54) is 141 Å². The van der Waals surface area contributed by atoms with Crippen molar-refractivity contribution >= 4 is 13.7 Å². The van der Waals surface area contributed by atoms with Crippen LogP contribution in [-0.2, 0) is 18.4 Å². The van der Waals surface area contributed by atoms with Crippen LogP contribution >= 0.6 is 7.82 Å². The van der Waals surface area contributed by atoms with Gasteiger partial charge in [0.2, 0.25) is 5.91 Å². The summed E-state index contributed by atoms with van der Waals surface area (Å²) in [5.41, 5.74) is 0. The Balaban J connectivity index is 4.37. The molecule has 8 nitrogen and oxygen atoms in total. The second-order valence-electron chi connectivity index (χ2n) is 17.1. The summed E-state index contributed by atoms with van der Waals surface area (Å²) in [7, 11) is 1.26. The van der Waals surface area contributed by atoms with Crippen LogP contribution in [0.25, 0.3) is 0 Å². The Morgan fingerprint density at radius 2 is 1.00 bits per heavy atom. The Labute approximate surface area is 341 Å². The number of nitrogens with zero attached hydrogens (tertiary/aromatic N) is 1. The van der Waals surface area contributed by atoms with Gasteiger partial charge in [0.1, 0.15) is 13.2 Å². The molecule has 0 aromatic carbocycles. The highest BCUT2D eigenvalue weighted by molar-refractivity contribution is 7.45. The van der Waals surface area contributed by atoms with Gasteiger partial charge < -0.3 is 28.8 Å². The fraction of sp³-hybridized carbons (Fsp3) is 0.891. The van der Waals surface area contributed by atoms with Crippen LogP contribution in [-0.4, -0.2) is 68.5 Å². The summed E-state index contributed by atoms with van der Waals surface area (Å²) >= 11 is 0. The number of carbonyl (C=O) groups is 1. The van der Waals surface area contributed by atoms with Gasteiger partial charge in [0.05, 0.1) is 39.9 Å². The van der Waals surface area contributed by atoms with E-state index in [4.69, 9.17) is 9.05 Å². The number of amides is 1. The van der Waals surface area contributed by atoms with Crippen molar-refractivity contribution in [2.75, 3.05) is 40.9 Å². The standard InChI is InChI=1S/C46H91N2O6P/c1-6-8-10-12-14-16-18-20-21-22-23-24-25-26-28-29-31-33-35-37-39-45(49)44(43-54-55(51,52)53-42-41-48(3,4)5)47-46(50)40-38-36-34-32-30-27-19-17-15-13-11-9-7-2/h17,19,37,39,44-45,49H,6-16,18,20-36,38,40-43H2,1-5H3,(H-,47,50,51,52)/b19-17-,39-37+. The zero-order valence-corrected chi connectivity index (χ0v) is 37.8. The highest BCUT2D eigenvalue weighted by Gasteiger charge is 2.23. The quantitative estimate of drug-likeness (QED) is 0.0276. The van der Waals surface area contributed by atoms with Gasteiger partial charge in [-0.1, -0.05) is 186 Å². The molecule has 9 heteroatoms. The topological polar surface area (TPSA) is 108 Å². The van der Waals surface area contributed by atoms with Crippen LogP contribution in [0.15, 0.2) is 24.3 Å². The largest absolute Gasteiger partial charge is 0.756 e. The summed E-state index contributed by atoms with van der Waals surface area (Å²) in [6.07, 6.45) is 45.1. The predicted molar refractivity (Wildman–Crippen MR) is 233 cm³/mol. The first-order chi connectivity index (χ1) is 26.5. The van der Waals surface area contributed by atoms with E-state index in [-0.39, 0.29) is 19.1 Å². The van der Waals surface area contributed by atoms with E-state index < -0.39 is 20.0 Å². The molecule has 0 spiro atoms. The molecule has 3 unspecified atom stereocenters. The maximum Gasteiger partial charge on any atom is 0.268 e. The molecule has 0 bridgehead atoms. The molecule has 0 aliphatic carbocycles. The fourth-order valence-corrected chi connectivity index (χ4v) is 7.40. The van der Waals surface area contributed by atoms with Crippen LogP contribution in [0, 0.1) is 0 Å². The molecule has 326 valence electrons. The SMILES string of the molecule is CCCCCC/C=C\CCCCCCCC(=O)NC(COP(=O)([O-])OCC[N+](C)(C)C)C(O)/C=C/CCCCCCCCCCCCCCCCCCCC. The Morgan fingerprint density at radius 3 is 1.44 bits per heavy atom. The normalized spacial score (nSPS) is 14.5. The van der Waals surface area contributed by atoms with E-state index in [9.17, 15) is 19.4 Å². The number of likely N-dealkylation sites (N-methyl/N-ethyl adjacent to an activating group) is 1. The third-order valence-electron chi connectivity index (χ3n) is 10.4. The fourth-order valence-electron chi connectivity index (χ4n) is 6.68. The number of nitrogens with one attached hydrogen (secondary N) is 1. The van der Waals surface area contributed by atoms with Crippen molar-refractivity contribution in [2.24, 2.45) is 0 Å². The molecule has 0 saturated heterocycles. The summed E-state index contributed by atoms with van der Waals surface area (Å²) in [6.45, 7) is 4.63. The van der Waals surface area contributed by atoms with Crippen molar-refractivity contribution < 1.29 is 32.9 Å². The molecule has 0 rings (SSSR count). The Hall–Kier alpha value is -1.02. The lowest BCUT2D eigenvalue weighted by Crippen LogP contribution is -2.45. The molecule has 2 N–H and O–H groups in total. The van der Waals surface area contributed by atoms with Crippen molar-refractivity contribution in [1.29, 1.82) is 0 Å². The Kier molecular flexibility index (Phi) is 37.8. The van der Waals surface area contributed by atoms with Crippen molar-refractivity contribution in [2.45, 2.75) is 225 Å².